The molecule has 0 saturated heterocycles. The topological polar surface area (TPSA) is 98.0 Å². The number of ketones is 1. The molecule has 188 valence electrons. The van der Waals surface area contributed by atoms with E-state index < -0.39 is 34.5 Å². The van der Waals surface area contributed by atoms with E-state index in [9.17, 15) is 22.8 Å². The molecule has 1 aromatic carbocycles. The number of nitrogens with zero attached hydrogens (tertiary/aromatic N) is 2. The van der Waals surface area contributed by atoms with E-state index in [0.29, 0.717) is 12.0 Å². The van der Waals surface area contributed by atoms with Crippen molar-refractivity contribution in [1.29, 1.82) is 0 Å². The summed E-state index contributed by atoms with van der Waals surface area (Å²) in [6, 6.07) is 6.82. The summed E-state index contributed by atoms with van der Waals surface area (Å²) in [5.41, 5.74) is 6.71. The van der Waals surface area contributed by atoms with Crippen LogP contribution in [-0.4, -0.2) is 33.7 Å². The first kappa shape index (κ1) is 25.5. The number of benzene rings is 1. The lowest BCUT2D eigenvalue weighted by Crippen LogP contribution is -2.54. The average Bonchev–Trinajstić information content (AvgIpc) is 2.82. The molecule has 0 unspecified atom stereocenters. The molecule has 1 saturated carbocycles. The number of nitrogens with two attached hydrogens (primary N) is 1. The zero-order valence-electron chi connectivity index (χ0n) is 20.0. The third-order valence-corrected chi connectivity index (χ3v) is 6.72. The molecule has 3 aromatic rings. The Kier molecular flexibility index (Phi) is 7.49. The summed E-state index contributed by atoms with van der Waals surface area (Å²) in [6.07, 6.45) is 4.55. The van der Waals surface area contributed by atoms with E-state index in [1.165, 1.54) is 19.1 Å². The number of pyridine rings is 2. The highest BCUT2D eigenvalue weighted by Crippen LogP contribution is 2.37. The number of nitrogens with one attached hydrogen (secondary N) is 1. The van der Waals surface area contributed by atoms with Crippen LogP contribution < -0.4 is 11.1 Å². The fourth-order valence-corrected chi connectivity index (χ4v) is 5.07. The predicted molar refractivity (Wildman–Crippen MR) is 129 cm³/mol. The second-order valence-corrected chi connectivity index (χ2v) is 9.33. The summed E-state index contributed by atoms with van der Waals surface area (Å²) in [6.45, 7) is 3.50. The van der Waals surface area contributed by atoms with Crippen molar-refractivity contribution >= 4 is 11.7 Å². The number of hydrogen-bond acceptors (Lipinski definition) is 5. The van der Waals surface area contributed by atoms with Crippen molar-refractivity contribution in [2.24, 2.45) is 11.7 Å². The molecule has 2 heterocycles. The molecule has 0 spiro atoms. The van der Waals surface area contributed by atoms with Gasteiger partial charge in [0, 0.05) is 37.8 Å². The van der Waals surface area contributed by atoms with Crippen molar-refractivity contribution in [1.82, 2.24) is 15.3 Å². The van der Waals surface area contributed by atoms with Crippen molar-refractivity contribution < 1.29 is 22.8 Å². The second kappa shape index (κ2) is 10.6. The van der Waals surface area contributed by atoms with Crippen LogP contribution in [0, 0.1) is 23.4 Å². The summed E-state index contributed by atoms with van der Waals surface area (Å²) in [5.74, 6) is -3.27. The maximum atomic E-state index is 14.4. The van der Waals surface area contributed by atoms with Crippen LogP contribution in [0.2, 0.25) is 0 Å². The van der Waals surface area contributed by atoms with Gasteiger partial charge in [-0.05, 0) is 66.1 Å². The molecule has 2 aromatic heterocycles. The minimum Gasteiger partial charge on any atom is -0.352 e. The standard InChI is InChI=1S/C27H27F3N4O2/c1-14-10-16(11-22(31)26(14)33-15(2)35)18-8-9-32-13-17(18)12-24(36)23-7-6-21(30)27(34-23)25-19(28)4-3-5-20(25)29/h3-9,13-14,16,22,26H,10-12,31H2,1-2H3,(H,33,35)/t14-,16+,22+,26+/m0/s1. The van der Waals surface area contributed by atoms with Gasteiger partial charge in [-0.3, -0.25) is 14.6 Å². The van der Waals surface area contributed by atoms with Crippen molar-refractivity contribution in [3.05, 3.63) is 83.1 Å². The molecule has 36 heavy (non-hydrogen) atoms. The lowest BCUT2D eigenvalue weighted by molar-refractivity contribution is -0.120. The molecule has 0 radical (unpaired) electrons. The molecule has 3 N–H and O–H groups in total. The van der Waals surface area contributed by atoms with Crippen molar-refractivity contribution in [3.8, 4) is 11.3 Å². The summed E-state index contributed by atoms with van der Waals surface area (Å²) in [7, 11) is 0. The van der Waals surface area contributed by atoms with Gasteiger partial charge in [-0.15, -0.1) is 0 Å². The van der Waals surface area contributed by atoms with Crippen LogP contribution >= 0.6 is 0 Å². The fourth-order valence-electron chi connectivity index (χ4n) is 5.07. The number of carbonyl (C=O) groups excluding carboxylic acids is 2. The molecular formula is C27H27F3N4O2. The summed E-state index contributed by atoms with van der Waals surface area (Å²) < 4.78 is 42.9. The van der Waals surface area contributed by atoms with E-state index in [-0.39, 0.29) is 41.9 Å². The Morgan fingerprint density at radius 2 is 1.78 bits per heavy atom. The molecule has 1 aliphatic rings. The van der Waals surface area contributed by atoms with Crippen molar-refractivity contribution in [2.45, 2.75) is 51.1 Å². The molecule has 1 fully saturated rings. The van der Waals surface area contributed by atoms with E-state index in [4.69, 9.17) is 5.73 Å². The third-order valence-electron chi connectivity index (χ3n) is 6.72. The zero-order chi connectivity index (χ0) is 26.0. The monoisotopic (exact) mass is 496 g/mol. The number of rotatable bonds is 6. The van der Waals surface area contributed by atoms with Crippen molar-refractivity contribution in [3.63, 3.8) is 0 Å². The molecule has 6 nitrogen and oxygen atoms in total. The highest BCUT2D eigenvalue weighted by atomic mass is 19.1. The van der Waals surface area contributed by atoms with Crippen LogP contribution in [0.4, 0.5) is 13.2 Å². The Morgan fingerprint density at radius 3 is 2.44 bits per heavy atom. The number of halogens is 3. The quantitative estimate of drug-likeness (QED) is 0.495. The Balaban J connectivity index is 1.59. The van der Waals surface area contributed by atoms with Crippen LogP contribution in [-0.2, 0) is 11.2 Å². The summed E-state index contributed by atoms with van der Waals surface area (Å²) in [5, 5.41) is 2.93. The van der Waals surface area contributed by atoms with Gasteiger partial charge in [-0.1, -0.05) is 13.0 Å². The smallest absolute Gasteiger partial charge is 0.217 e. The first-order valence-corrected chi connectivity index (χ1v) is 11.7. The third kappa shape index (κ3) is 5.31. The van der Waals surface area contributed by atoms with Gasteiger partial charge < -0.3 is 11.1 Å². The minimum absolute atomic E-state index is 0.0510. The van der Waals surface area contributed by atoms with Gasteiger partial charge in [0.1, 0.15) is 28.8 Å². The predicted octanol–water partition coefficient (Wildman–Crippen LogP) is 4.33. The lowest BCUT2D eigenvalue weighted by atomic mass is 9.72. The highest BCUT2D eigenvalue weighted by molar-refractivity contribution is 5.96. The first-order valence-electron chi connectivity index (χ1n) is 11.7. The zero-order valence-corrected chi connectivity index (χ0v) is 20.0. The Hall–Kier alpha value is -3.59. The Morgan fingerprint density at radius 1 is 1.06 bits per heavy atom. The Labute approximate surface area is 207 Å². The van der Waals surface area contributed by atoms with Gasteiger partial charge in [-0.2, -0.15) is 0 Å². The first-order chi connectivity index (χ1) is 17.2. The van der Waals surface area contributed by atoms with Crippen molar-refractivity contribution in [2.75, 3.05) is 0 Å². The number of amides is 1. The molecular weight excluding hydrogens is 469 g/mol. The van der Waals surface area contributed by atoms with Crippen LogP contribution in [0.3, 0.4) is 0 Å². The van der Waals surface area contributed by atoms with Crippen LogP contribution in [0.5, 0.6) is 0 Å². The summed E-state index contributed by atoms with van der Waals surface area (Å²) >= 11 is 0. The number of carbonyl (C=O) groups is 2. The normalized spacial score (nSPS) is 21.7. The van der Waals surface area contributed by atoms with Gasteiger partial charge in [0.05, 0.1) is 5.56 Å². The second-order valence-electron chi connectivity index (χ2n) is 9.33. The molecule has 4 rings (SSSR count). The molecule has 1 amide bonds. The maximum absolute atomic E-state index is 14.4. The molecule has 0 aliphatic heterocycles. The Bertz CT molecular complexity index is 1270. The average molecular weight is 497 g/mol. The molecule has 4 atom stereocenters. The van der Waals surface area contributed by atoms with Gasteiger partial charge in [0.2, 0.25) is 5.91 Å². The number of aromatic nitrogens is 2. The van der Waals surface area contributed by atoms with Gasteiger partial charge in [-0.25, -0.2) is 18.2 Å². The number of Topliss-reactive ketones (excluding diaryl/α,β-unsaturated/α-hetero) is 1. The van der Waals surface area contributed by atoms with E-state index in [2.05, 4.69) is 15.3 Å². The summed E-state index contributed by atoms with van der Waals surface area (Å²) in [4.78, 5) is 32.8. The molecule has 1 aliphatic carbocycles. The number of hydrogen-bond donors (Lipinski definition) is 2. The molecule has 9 heteroatoms. The van der Waals surface area contributed by atoms with Crippen LogP contribution in [0.25, 0.3) is 11.3 Å². The van der Waals surface area contributed by atoms with E-state index in [1.807, 2.05) is 13.0 Å². The maximum Gasteiger partial charge on any atom is 0.217 e. The van der Waals surface area contributed by atoms with Gasteiger partial charge >= 0.3 is 0 Å². The lowest BCUT2D eigenvalue weighted by Gasteiger charge is -2.39. The molecule has 0 bridgehead atoms. The van der Waals surface area contributed by atoms with E-state index in [1.54, 1.807) is 12.4 Å². The fraction of sp³-hybridized carbons (Fsp3) is 0.333. The van der Waals surface area contributed by atoms with Crippen LogP contribution in [0.1, 0.15) is 54.2 Å². The highest BCUT2D eigenvalue weighted by Gasteiger charge is 2.35. The van der Waals surface area contributed by atoms with Crippen LogP contribution in [0.15, 0.2) is 48.8 Å². The minimum atomic E-state index is -0.971. The largest absolute Gasteiger partial charge is 0.352 e. The van der Waals surface area contributed by atoms with Gasteiger partial charge in [0.25, 0.3) is 0 Å². The SMILES string of the molecule is CC(=O)N[C@H]1[C@H](N)C[C@H](c2ccncc2CC(=O)c2ccc(F)c(-c3c(F)cccc3F)n2)C[C@@H]1C. The van der Waals surface area contributed by atoms with E-state index in [0.717, 1.165) is 30.2 Å². The van der Waals surface area contributed by atoms with Gasteiger partial charge in [0.15, 0.2) is 5.78 Å². The van der Waals surface area contributed by atoms with E-state index >= 15 is 0 Å².